The largest absolute Gasteiger partial charge is 0.390 e. The Balaban J connectivity index is 2.05. The van der Waals surface area contributed by atoms with E-state index in [1.165, 1.54) is 12.8 Å². The average Bonchev–Trinajstić information content (AvgIpc) is 2.45. The Hall–Kier alpha value is -0.380. The monoisotopic (exact) mass is 322 g/mol. The highest BCUT2D eigenvalue weighted by Crippen LogP contribution is 2.65. The Bertz CT molecular complexity index is 501. The fourth-order valence-corrected chi connectivity index (χ4v) is 6.33. The highest BCUT2D eigenvalue weighted by atomic mass is 16.5. The molecule has 3 aliphatic rings. The van der Waals surface area contributed by atoms with Gasteiger partial charge in [-0.25, -0.2) is 0 Å². The van der Waals surface area contributed by atoms with Gasteiger partial charge in [-0.3, -0.25) is 0 Å². The number of aliphatic hydroxyl groups is 2. The van der Waals surface area contributed by atoms with E-state index in [4.69, 9.17) is 4.74 Å². The van der Waals surface area contributed by atoms with E-state index in [2.05, 4.69) is 34.3 Å². The topological polar surface area (TPSA) is 49.7 Å². The molecule has 3 heteroatoms. The van der Waals surface area contributed by atoms with E-state index in [1.54, 1.807) is 6.08 Å². The lowest BCUT2D eigenvalue weighted by molar-refractivity contribution is -0.313. The molecule has 3 fully saturated rings. The van der Waals surface area contributed by atoms with E-state index in [9.17, 15) is 10.2 Å². The van der Waals surface area contributed by atoms with Crippen molar-refractivity contribution in [2.75, 3.05) is 0 Å². The van der Waals surface area contributed by atoms with Crippen LogP contribution in [0.5, 0.6) is 0 Å². The van der Waals surface area contributed by atoms with Crippen LogP contribution in [0, 0.1) is 22.7 Å². The zero-order chi connectivity index (χ0) is 17.3. The first-order valence-corrected chi connectivity index (χ1v) is 9.19. The van der Waals surface area contributed by atoms with Crippen molar-refractivity contribution in [2.45, 2.75) is 90.1 Å². The van der Waals surface area contributed by atoms with Crippen LogP contribution < -0.4 is 0 Å². The molecule has 0 radical (unpaired) electrons. The predicted octanol–water partition coefficient (Wildman–Crippen LogP) is 3.68. The molecule has 0 spiro atoms. The molecule has 0 aromatic carbocycles. The van der Waals surface area contributed by atoms with Gasteiger partial charge < -0.3 is 14.9 Å². The maximum Gasteiger partial charge on any atom is 0.110 e. The Labute approximate surface area is 141 Å². The Morgan fingerprint density at radius 3 is 2.17 bits per heavy atom. The third-order valence-corrected chi connectivity index (χ3v) is 7.85. The van der Waals surface area contributed by atoms with Crippen LogP contribution in [0.1, 0.15) is 66.7 Å². The molecule has 7 atom stereocenters. The van der Waals surface area contributed by atoms with Crippen molar-refractivity contribution in [3.63, 3.8) is 0 Å². The van der Waals surface area contributed by atoms with Crippen molar-refractivity contribution in [3.05, 3.63) is 12.7 Å². The number of hydrogen-bond acceptors (Lipinski definition) is 3. The van der Waals surface area contributed by atoms with Crippen LogP contribution in [-0.4, -0.2) is 33.6 Å². The van der Waals surface area contributed by atoms with Crippen LogP contribution in [0.2, 0.25) is 0 Å². The van der Waals surface area contributed by atoms with Crippen molar-refractivity contribution >= 4 is 0 Å². The molecule has 0 unspecified atom stereocenters. The minimum atomic E-state index is -0.778. The van der Waals surface area contributed by atoms with E-state index in [0.717, 1.165) is 12.8 Å². The number of hydrogen-bond donors (Lipinski definition) is 2. The zero-order valence-corrected chi connectivity index (χ0v) is 15.4. The van der Waals surface area contributed by atoms with Crippen LogP contribution >= 0.6 is 0 Å². The summed E-state index contributed by atoms with van der Waals surface area (Å²) >= 11 is 0. The van der Waals surface area contributed by atoms with Gasteiger partial charge in [0.2, 0.25) is 0 Å². The highest BCUT2D eigenvalue weighted by Gasteiger charge is 2.66. The molecule has 0 amide bonds. The number of rotatable bonds is 1. The minimum Gasteiger partial charge on any atom is -0.390 e. The smallest absolute Gasteiger partial charge is 0.110 e. The van der Waals surface area contributed by atoms with Crippen LogP contribution in [0.25, 0.3) is 0 Å². The van der Waals surface area contributed by atoms with Gasteiger partial charge in [-0.05, 0) is 62.2 Å². The number of ether oxygens (including phenoxy) is 1. The fourth-order valence-electron chi connectivity index (χ4n) is 6.33. The first-order chi connectivity index (χ1) is 10.5. The van der Waals surface area contributed by atoms with Crippen LogP contribution in [0.15, 0.2) is 12.7 Å². The predicted molar refractivity (Wildman–Crippen MR) is 92.1 cm³/mol. The van der Waals surface area contributed by atoms with E-state index in [0.29, 0.717) is 12.3 Å². The third-order valence-electron chi connectivity index (χ3n) is 7.85. The van der Waals surface area contributed by atoms with Gasteiger partial charge in [0.1, 0.15) is 5.60 Å². The summed E-state index contributed by atoms with van der Waals surface area (Å²) in [5, 5.41) is 21.7. The highest BCUT2D eigenvalue weighted by molar-refractivity contribution is 5.17. The van der Waals surface area contributed by atoms with Gasteiger partial charge in [0.05, 0.1) is 17.8 Å². The maximum absolute atomic E-state index is 11.0. The molecule has 0 aromatic heterocycles. The van der Waals surface area contributed by atoms with Gasteiger partial charge in [-0.2, -0.15) is 0 Å². The van der Waals surface area contributed by atoms with Gasteiger partial charge in [-0.1, -0.05) is 33.3 Å². The van der Waals surface area contributed by atoms with Gasteiger partial charge in [0.25, 0.3) is 0 Å². The Morgan fingerprint density at radius 1 is 0.957 bits per heavy atom. The first kappa shape index (κ1) is 17.4. The molecule has 0 aromatic rings. The van der Waals surface area contributed by atoms with Crippen molar-refractivity contribution in [1.29, 1.82) is 0 Å². The number of fused-ring (bicyclic) bond motifs is 3. The molecule has 1 aliphatic heterocycles. The zero-order valence-electron chi connectivity index (χ0n) is 15.4. The molecular formula is C20H34O3. The molecule has 0 bridgehead atoms. The van der Waals surface area contributed by atoms with Gasteiger partial charge in [-0.15, -0.1) is 6.58 Å². The Kier molecular flexibility index (Phi) is 3.84. The molecule has 3 rings (SSSR count). The fraction of sp³-hybridized carbons (Fsp3) is 0.900. The molecule has 132 valence electrons. The minimum absolute atomic E-state index is 0.110. The van der Waals surface area contributed by atoms with Gasteiger partial charge >= 0.3 is 0 Å². The molecular weight excluding hydrogens is 288 g/mol. The quantitative estimate of drug-likeness (QED) is 0.724. The van der Waals surface area contributed by atoms with Crippen molar-refractivity contribution in [1.82, 2.24) is 0 Å². The standard InChI is InChI=1S/C20H34O3/c1-7-19(5)15(21)12-14-18(4)10-8-9-17(2,3)13(18)11-16(22)20(14,6)23-19/h7,13-16,21-22H,1,8-12H2,2-6H3/t13-,14+,15-,16-,18-,19-,20-/m0/s1. The maximum atomic E-state index is 11.0. The van der Waals surface area contributed by atoms with E-state index in [-0.39, 0.29) is 16.7 Å². The Morgan fingerprint density at radius 2 is 1.57 bits per heavy atom. The molecule has 1 heterocycles. The normalized spacial score (nSPS) is 55.6. The second-order valence-electron chi connectivity index (χ2n) is 9.63. The lowest BCUT2D eigenvalue weighted by Crippen LogP contribution is -2.70. The van der Waals surface area contributed by atoms with Crippen LogP contribution in [0.3, 0.4) is 0 Å². The van der Waals surface area contributed by atoms with Crippen LogP contribution in [-0.2, 0) is 4.74 Å². The lowest BCUT2D eigenvalue weighted by atomic mass is 9.43. The molecule has 2 N–H and O–H groups in total. The van der Waals surface area contributed by atoms with Gasteiger partial charge in [0.15, 0.2) is 0 Å². The summed E-state index contributed by atoms with van der Waals surface area (Å²) in [4.78, 5) is 0. The average molecular weight is 322 g/mol. The lowest BCUT2D eigenvalue weighted by Gasteiger charge is -2.67. The molecule has 2 aliphatic carbocycles. The van der Waals surface area contributed by atoms with Crippen molar-refractivity contribution in [3.8, 4) is 0 Å². The van der Waals surface area contributed by atoms with Crippen molar-refractivity contribution in [2.24, 2.45) is 22.7 Å². The summed E-state index contributed by atoms with van der Waals surface area (Å²) in [5.41, 5.74) is -1.04. The first-order valence-electron chi connectivity index (χ1n) is 9.19. The molecule has 1 saturated heterocycles. The van der Waals surface area contributed by atoms with Crippen LogP contribution in [0.4, 0.5) is 0 Å². The van der Waals surface area contributed by atoms with E-state index in [1.807, 2.05) is 6.92 Å². The summed E-state index contributed by atoms with van der Waals surface area (Å²) in [5.74, 6) is 0.645. The van der Waals surface area contributed by atoms with Crippen molar-refractivity contribution < 1.29 is 14.9 Å². The summed E-state index contributed by atoms with van der Waals surface area (Å²) < 4.78 is 6.40. The third kappa shape index (κ3) is 2.26. The molecule has 23 heavy (non-hydrogen) atoms. The summed E-state index contributed by atoms with van der Waals surface area (Å²) in [6.07, 6.45) is 5.72. The molecule has 2 saturated carbocycles. The molecule has 3 nitrogen and oxygen atoms in total. The summed E-state index contributed by atoms with van der Waals surface area (Å²) in [6.45, 7) is 14.9. The van der Waals surface area contributed by atoms with E-state index < -0.39 is 23.4 Å². The second kappa shape index (κ2) is 5.06. The SMILES string of the molecule is C=C[C@]1(C)O[C@@]2(C)[C@H](C[C@@H]1O)[C@@]1(C)CCCC(C)(C)[C@@H]1C[C@@H]2O. The van der Waals surface area contributed by atoms with E-state index >= 15 is 0 Å². The summed E-state index contributed by atoms with van der Waals surface area (Å²) in [7, 11) is 0. The summed E-state index contributed by atoms with van der Waals surface area (Å²) in [6, 6.07) is 0. The second-order valence-corrected chi connectivity index (χ2v) is 9.63. The number of aliphatic hydroxyl groups excluding tert-OH is 2. The van der Waals surface area contributed by atoms with Gasteiger partial charge in [0, 0.05) is 0 Å².